The van der Waals surface area contributed by atoms with Gasteiger partial charge in [0.15, 0.2) is 0 Å². The monoisotopic (exact) mass is 230 g/mol. The van der Waals surface area contributed by atoms with E-state index in [0.29, 0.717) is 26.1 Å². The lowest BCUT2D eigenvalue weighted by molar-refractivity contribution is -0.146. The Labute approximate surface area is 96.9 Å². The Kier molecular flexibility index (Phi) is 5.18. The minimum Gasteiger partial charge on any atom is -0.380 e. The molecule has 3 atom stereocenters. The molecule has 1 aliphatic rings. The molecule has 0 aromatic carbocycles. The fourth-order valence-electron chi connectivity index (χ4n) is 1.86. The highest BCUT2D eigenvalue weighted by Crippen LogP contribution is 2.15. The lowest BCUT2D eigenvalue weighted by Crippen LogP contribution is -2.52. The lowest BCUT2D eigenvalue weighted by Gasteiger charge is -2.38. The van der Waals surface area contributed by atoms with Gasteiger partial charge in [0.1, 0.15) is 0 Å². The average Bonchev–Trinajstić information content (AvgIpc) is 2.29. The maximum absolute atomic E-state index is 12.0. The molecule has 1 saturated heterocycles. The van der Waals surface area contributed by atoms with E-state index in [4.69, 9.17) is 15.2 Å². The fourth-order valence-corrected chi connectivity index (χ4v) is 1.86. The third-order valence-electron chi connectivity index (χ3n) is 3.20. The van der Waals surface area contributed by atoms with Crippen LogP contribution in [0.4, 0.5) is 0 Å². The molecule has 94 valence electrons. The van der Waals surface area contributed by atoms with Crippen molar-refractivity contribution < 1.29 is 14.3 Å². The maximum Gasteiger partial charge on any atom is 0.225 e. The van der Waals surface area contributed by atoms with Crippen LogP contribution in [0.25, 0.3) is 0 Å². The summed E-state index contributed by atoms with van der Waals surface area (Å²) in [5.41, 5.74) is 5.50. The SMILES string of the molecule is COC(CN)CC(=O)N1CCOC(C)C1C. The first-order chi connectivity index (χ1) is 7.60. The van der Waals surface area contributed by atoms with Gasteiger partial charge in [-0.2, -0.15) is 0 Å². The Morgan fingerprint density at radius 2 is 2.31 bits per heavy atom. The van der Waals surface area contributed by atoms with Crippen molar-refractivity contribution in [2.45, 2.75) is 38.5 Å². The summed E-state index contributed by atoms with van der Waals surface area (Å²) in [6.45, 7) is 5.63. The van der Waals surface area contributed by atoms with Crippen molar-refractivity contribution in [1.82, 2.24) is 4.90 Å². The number of ether oxygens (including phenoxy) is 2. The zero-order valence-electron chi connectivity index (χ0n) is 10.3. The van der Waals surface area contributed by atoms with Gasteiger partial charge in [-0.1, -0.05) is 0 Å². The first kappa shape index (κ1) is 13.4. The number of nitrogens with two attached hydrogens (primary N) is 1. The average molecular weight is 230 g/mol. The predicted molar refractivity (Wildman–Crippen MR) is 61.1 cm³/mol. The van der Waals surface area contributed by atoms with E-state index in [1.165, 1.54) is 0 Å². The van der Waals surface area contributed by atoms with Crippen LogP contribution in [0.15, 0.2) is 0 Å². The van der Waals surface area contributed by atoms with E-state index >= 15 is 0 Å². The maximum atomic E-state index is 12.0. The van der Waals surface area contributed by atoms with Crippen molar-refractivity contribution in [2.24, 2.45) is 5.73 Å². The number of amides is 1. The molecule has 1 aliphatic heterocycles. The third-order valence-corrected chi connectivity index (χ3v) is 3.20. The highest BCUT2D eigenvalue weighted by Gasteiger charge is 2.29. The van der Waals surface area contributed by atoms with Crippen LogP contribution >= 0.6 is 0 Å². The van der Waals surface area contributed by atoms with Crippen molar-refractivity contribution >= 4 is 5.91 Å². The quantitative estimate of drug-likeness (QED) is 0.737. The second kappa shape index (κ2) is 6.18. The van der Waals surface area contributed by atoms with E-state index in [-0.39, 0.29) is 24.2 Å². The minimum absolute atomic E-state index is 0.0940. The number of carbonyl (C=O) groups is 1. The molecule has 0 radical (unpaired) electrons. The molecule has 1 amide bonds. The van der Waals surface area contributed by atoms with Crippen molar-refractivity contribution in [2.75, 3.05) is 26.8 Å². The summed E-state index contributed by atoms with van der Waals surface area (Å²) < 4.78 is 10.6. The number of nitrogens with zero attached hydrogens (tertiary/aromatic N) is 1. The van der Waals surface area contributed by atoms with Crippen LogP contribution in [-0.4, -0.2) is 55.9 Å². The van der Waals surface area contributed by atoms with E-state index in [9.17, 15) is 4.79 Å². The van der Waals surface area contributed by atoms with Gasteiger partial charge in [-0.05, 0) is 13.8 Å². The number of morpholine rings is 1. The molecule has 1 heterocycles. The van der Waals surface area contributed by atoms with Crippen molar-refractivity contribution in [3.8, 4) is 0 Å². The van der Waals surface area contributed by atoms with Gasteiger partial charge < -0.3 is 20.1 Å². The number of carbonyl (C=O) groups excluding carboxylic acids is 1. The molecule has 0 aromatic heterocycles. The summed E-state index contributed by atoms with van der Waals surface area (Å²) in [4.78, 5) is 13.9. The molecule has 0 aliphatic carbocycles. The van der Waals surface area contributed by atoms with Crippen LogP contribution in [0.2, 0.25) is 0 Å². The van der Waals surface area contributed by atoms with Gasteiger partial charge in [0.05, 0.1) is 31.3 Å². The molecular formula is C11H22N2O3. The van der Waals surface area contributed by atoms with Gasteiger partial charge in [0.2, 0.25) is 5.91 Å². The van der Waals surface area contributed by atoms with Gasteiger partial charge in [-0.15, -0.1) is 0 Å². The topological polar surface area (TPSA) is 64.8 Å². The van der Waals surface area contributed by atoms with Crippen LogP contribution in [0.3, 0.4) is 0 Å². The van der Waals surface area contributed by atoms with Gasteiger partial charge in [0.25, 0.3) is 0 Å². The molecule has 0 aromatic rings. The van der Waals surface area contributed by atoms with E-state index < -0.39 is 0 Å². The highest BCUT2D eigenvalue weighted by molar-refractivity contribution is 5.77. The minimum atomic E-state index is -0.183. The Morgan fingerprint density at radius 3 is 2.88 bits per heavy atom. The third kappa shape index (κ3) is 3.17. The lowest BCUT2D eigenvalue weighted by atomic mass is 10.1. The molecular weight excluding hydrogens is 208 g/mol. The van der Waals surface area contributed by atoms with E-state index in [1.54, 1.807) is 7.11 Å². The molecule has 2 N–H and O–H groups in total. The molecule has 1 fully saturated rings. The zero-order valence-corrected chi connectivity index (χ0v) is 10.3. The highest BCUT2D eigenvalue weighted by atomic mass is 16.5. The number of hydrogen-bond acceptors (Lipinski definition) is 4. The Balaban J connectivity index is 2.52. The van der Waals surface area contributed by atoms with Gasteiger partial charge >= 0.3 is 0 Å². The molecule has 0 saturated carbocycles. The van der Waals surface area contributed by atoms with Crippen LogP contribution < -0.4 is 5.73 Å². The number of methoxy groups -OCH3 is 1. The summed E-state index contributed by atoms with van der Waals surface area (Å²) >= 11 is 0. The molecule has 5 heteroatoms. The Hall–Kier alpha value is -0.650. The van der Waals surface area contributed by atoms with E-state index in [1.807, 2.05) is 18.7 Å². The largest absolute Gasteiger partial charge is 0.380 e. The van der Waals surface area contributed by atoms with E-state index in [0.717, 1.165) is 0 Å². The van der Waals surface area contributed by atoms with Crippen LogP contribution in [0, 0.1) is 0 Å². The zero-order chi connectivity index (χ0) is 12.1. The van der Waals surface area contributed by atoms with E-state index in [2.05, 4.69) is 0 Å². The second-order valence-electron chi connectivity index (χ2n) is 4.20. The standard InChI is InChI=1S/C11H22N2O3/c1-8-9(2)16-5-4-13(8)11(14)6-10(7-12)15-3/h8-10H,4-7,12H2,1-3H3. The van der Waals surface area contributed by atoms with Crippen molar-refractivity contribution in [1.29, 1.82) is 0 Å². The number of hydrogen-bond donors (Lipinski definition) is 1. The smallest absolute Gasteiger partial charge is 0.225 e. The first-order valence-corrected chi connectivity index (χ1v) is 5.74. The molecule has 1 rings (SSSR count). The second-order valence-corrected chi connectivity index (χ2v) is 4.20. The predicted octanol–water partition coefficient (Wildman–Crippen LogP) is -0.0140. The van der Waals surface area contributed by atoms with Crippen LogP contribution in [0.5, 0.6) is 0 Å². The van der Waals surface area contributed by atoms with Crippen molar-refractivity contribution in [3.63, 3.8) is 0 Å². The molecule has 0 bridgehead atoms. The van der Waals surface area contributed by atoms with Gasteiger partial charge in [-0.3, -0.25) is 4.79 Å². The van der Waals surface area contributed by atoms with Gasteiger partial charge in [0, 0.05) is 20.2 Å². The summed E-state index contributed by atoms with van der Waals surface area (Å²) in [5.74, 6) is 0.0972. The number of rotatable bonds is 4. The van der Waals surface area contributed by atoms with Crippen LogP contribution in [0.1, 0.15) is 20.3 Å². The summed E-state index contributed by atoms with van der Waals surface area (Å²) in [6.07, 6.45) is 0.263. The molecule has 3 unspecified atom stereocenters. The molecule has 0 spiro atoms. The summed E-state index contributed by atoms with van der Waals surface area (Å²) in [6, 6.07) is 0.122. The van der Waals surface area contributed by atoms with Crippen LogP contribution in [-0.2, 0) is 14.3 Å². The first-order valence-electron chi connectivity index (χ1n) is 5.74. The van der Waals surface area contributed by atoms with Gasteiger partial charge in [-0.25, -0.2) is 0 Å². The summed E-state index contributed by atoms with van der Waals surface area (Å²) in [7, 11) is 1.58. The Morgan fingerprint density at radius 1 is 1.62 bits per heavy atom. The Bertz CT molecular complexity index is 231. The summed E-state index contributed by atoms with van der Waals surface area (Å²) in [5, 5.41) is 0. The molecule has 16 heavy (non-hydrogen) atoms. The normalized spacial score (nSPS) is 27.9. The fraction of sp³-hybridized carbons (Fsp3) is 0.909. The molecule has 5 nitrogen and oxygen atoms in total. The van der Waals surface area contributed by atoms with Crippen molar-refractivity contribution in [3.05, 3.63) is 0 Å².